The highest BCUT2D eigenvalue weighted by Crippen LogP contribution is 2.35. The molecular formula is C18H19F2N5O4S. The molecular weight excluding hydrogens is 420 g/mol. The minimum absolute atomic E-state index is 0.194. The van der Waals surface area contributed by atoms with Crippen molar-refractivity contribution in [1.29, 1.82) is 0 Å². The molecule has 0 aliphatic carbocycles. The number of hydrogen-bond donors (Lipinski definition) is 2. The normalized spacial score (nSPS) is 24.6. The molecule has 30 heavy (non-hydrogen) atoms. The molecule has 1 aromatic carbocycles. The van der Waals surface area contributed by atoms with Crippen molar-refractivity contribution < 1.29 is 26.8 Å². The van der Waals surface area contributed by atoms with E-state index in [-0.39, 0.29) is 29.2 Å². The van der Waals surface area contributed by atoms with Gasteiger partial charge in [-0.2, -0.15) is 18.2 Å². The van der Waals surface area contributed by atoms with Crippen molar-refractivity contribution in [3.05, 3.63) is 41.7 Å². The van der Waals surface area contributed by atoms with E-state index in [1.807, 2.05) is 0 Å². The second kappa shape index (κ2) is 6.84. The standard InChI is InChI=1S/C18H19F2N5O4S/c1-10-14(7-21-25(10)17(19)20)30(28,29)24-8-12-16(27)22-13-6-4-3-5-11(13)15(26)23-18(12,2)9-24/h3-7,12,17H,8-9H2,1-2H3,(H,22,27)(H,23,26)/t12-,18-/m0/s1. The number of amides is 2. The Morgan fingerprint density at radius 2 is 1.97 bits per heavy atom. The Morgan fingerprint density at radius 3 is 2.63 bits per heavy atom. The zero-order valence-electron chi connectivity index (χ0n) is 16.1. The first kappa shape index (κ1) is 20.4. The highest BCUT2D eigenvalue weighted by Gasteiger charge is 2.52. The zero-order valence-corrected chi connectivity index (χ0v) is 16.9. The monoisotopic (exact) mass is 439 g/mol. The maximum atomic E-state index is 13.1. The first-order chi connectivity index (χ1) is 14.0. The lowest BCUT2D eigenvalue weighted by Crippen LogP contribution is -2.56. The molecule has 160 valence electrons. The second-order valence-electron chi connectivity index (χ2n) is 7.57. The molecule has 2 aromatic rings. The molecule has 2 aliphatic heterocycles. The van der Waals surface area contributed by atoms with Crippen LogP contribution in [0.3, 0.4) is 0 Å². The average molecular weight is 439 g/mol. The van der Waals surface area contributed by atoms with Gasteiger partial charge in [0.2, 0.25) is 15.9 Å². The number of rotatable bonds is 3. The predicted octanol–water partition coefficient (Wildman–Crippen LogP) is 1.35. The Labute approximate surface area is 171 Å². The van der Waals surface area contributed by atoms with Gasteiger partial charge in [0, 0.05) is 13.1 Å². The third-order valence-corrected chi connectivity index (χ3v) is 7.52. The highest BCUT2D eigenvalue weighted by atomic mass is 32.2. The molecule has 0 unspecified atom stereocenters. The number of halogens is 2. The van der Waals surface area contributed by atoms with Crippen LogP contribution in [0.5, 0.6) is 0 Å². The number of carbonyl (C=O) groups is 2. The number of carbonyl (C=O) groups excluding carboxylic acids is 2. The molecule has 2 amide bonds. The summed E-state index contributed by atoms with van der Waals surface area (Å²) in [5, 5.41) is 8.94. The maximum absolute atomic E-state index is 13.1. The molecule has 1 aromatic heterocycles. The number of benzene rings is 1. The number of anilines is 1. The average Bonchev–Trinajstić information content (AvgIpc) is 3.22. The molecule has 9 nitrogen and oxygen atoms in total. The van der Waals surface area contributed by atoms with Crippen molar-refractivity contribution in [3.63, 3.8) is 0 Å². The summed E-state index contributed by atoms with van der Waals surface area (Å²) >= 11 is 0. The predicted molar refractivity (Wildman–Crippen MR) is 101 cm³/mol. The van der Waals surface area contributed by atoms with Gasteiger partial charge in [-0.25, -0.2) is 13.1 Å². The van der Waals surface area contributed by atoms with Crippen LogP contribution < -0.4 is 10.6 Å². The smallest absolute Gasteiger partial charge is 0.333 e. The van der Waals surface area contributed by atoms with Crippen molar-refractivity contribution in [2.75, 3.05) is 18.4 Å². The van der Waals surface area contributed by atoms with Crippen LogP contribution in [0.2, 0.25) is 0 Å². The fourth-order valence-electron chi connectivity index (χ4n) is 3.96. The zero-order chi connectivity index (χ0) is 21.8. The summed E-state index contributed by atoms with van der Waals surface area (Å²) in [5.74, 6) is -1.77. The minimum atomic E-state index is -4.23. The van der Waals surface area contributed by atoms with E-state index in [2.05, 4.69) is 15.7 Å². The molecule has 0 radical (unpaired) electrons. The molecule has 1 saturated heterocycles. The second-order valence-corrected chi connectivity index (χ2v) is 9.48. The van der Waals surface area contributed by atoms with Crippen molar-refractivity contribution in [2.24, 2.45) is 5.92 Å². The number of para-hydroxylation sites is 1. The van der Waals surface area contributed by atoms with E-state index in [9.17, 15) is 26.8 Å². The number of sulfonamides is 1. The third-order valence-electron chi connectivity index (χ3n) is 5.61. The molecule has 2 N–H and O–H groups in total. The first-order valence-electron chi connectivity index (χ1n) is 9.09. The number of alkyl halides is 2. The fraction of sp³-hybridized carbons (Fsp3) is 0.389. The lowest BCUT2D eigenvalue weighted by atomic mass is 9.86. The Morgan fingerprint density at radius 1 is 1.27 bits per heavy atom. The molecule has 2 atom stereocenters. The van der Waals surface area contributed by atoms with Crippen molar-refractivity contribution >= 4 is 27.5 Å². The number of aromatic nitrogens is 2. The van der Waals surface area contributed by atoms with Gasteiger partial charge in [-0.1, -0.05) is 12.1 Å². The number of fused-ring (bicyclic) bond motifs is 2. The lowest BCUT2D eigenvalue weighted by Gasteiger charge is -2.33. The number of nitrogens with zero attached hydrogens (tertiary/aromatic N) is 3. The van der Waals surface area contributed by atoms with E-state index in [0.29, 0.717) is 10.4 Å². The summed E-state index contributed by atoms with van der Waals surface area (Å²) in [6, 6.07) is 6.46. The lowest BCUT2D eigenvalue weighted by molar-refractivity contribution is -0.120. The molecule has 12 heteroatoms. The Hall–Kier alpha value is -2.86. The van der Waals surface area contributed by atoms with Gasteiger partial charge in [0.1, 0.15) is 4.90 Å². The van der Waals surface area contributed by atoms with Crippen LogP contribution >= 0.6 is 0 Å². The summed E-state index contributed by atoms with van der Waals surface area (Å²) < 4.78 is 53.6. The molecule has 0 spiro atoms. The molecule has 3 heterocycles. The summed E-state index contributed by atoms with van der Waals surface area (Å²) in [6.07, 6.45) is 0.869. The van der Waals surface area contributed by atoms with Crippen LogP contribution in [-0.4, -0.2) is 52.9 Å². The van der Waals surface area contributed by atoms with Crippen LogP contribution in [0, 0.1) is 12.8 Å². The maximum Gasteiger partial charge on any atom is 0.333 e. The minimum Gasteiger partial charge on any atom is -0.345 e. The van der Waals surface area contributed by atoms with Crippen LogP contribution in [-0.2, 0) is 14.8 Å². The topological polar surface area (TPSA) is 113 Å². The van der Waals surface area contributed by atoms with Gasteiger partial charge in [0.25, 0.3) is 5.91 Å². The van der Waals surface area contributed by atoms with E-state index < -0.39 is 39.8 Å². The first-order valence-corrected chi connectivity index (χ1v) is 10.5. The SMILES string of the molecule is Cc1c(S(=O)(=O)N2C[C@H]3C(=O)Nc4ccccc4C(=O)N[C@@]3(C)C2)cnn1C(F)F. The summed E-state index contributed by atoms with van der Waals surface area (Å²) in [5.41, 5.74) is -0.798. The van der Waals surface area contributed by atoms with Gasteiger partial charge in [-0.15, -0.1) is 0 Å². The van der Waals surface area contributed by atoms with Crippen LogP contribution in [0.15, 0.2) is 35.4 Å². The fourth-order valence-corrected chi connectivity index (χ4v) is 5.67. The number of hydrogen-bond acceptors (Lipinski definition) is 5. The van der Waals surface area contributed by atoms with Crippen LogP contribution in [0.25, 0.3) is 0 Å². The van der Waals surface area contributed by atoms with Gasteiger partial charge in [-0.3, -0.25) is 9.59 Å². The summed E-state index contributed by atoms with van der Waals surface area (Å²) in [7, 11) is -4.23. The molecule has 2 aliphatic rings. The Bertz CT molecular complexity index is 1150. The molecule has 0 bridgehead atoms. The highest BCUT2D eigenvalue weighted by molar-refractivity contribution is 7.89. The Balaban J connectivity index is 1.70. The van der Waals surface area contributed by atoms with E-state index in [1.54, 1.807) is 31.2 Å². The van der Waals surface area contributed by atoms with E-state index in [1.165, 1.54) is 6.92 Å². The quantitative estimate of drug-likeness (QED) is 0.750. The summed E-state index contributed by atoms with van der Waals surface area (Å²) in [6.45, 7) is -0.567. The van der Waals surface area contributed by atoms with E-state index in [0.717, 1.165) is 10.5 Å². The number of nitrogens with one attached hydrogen (secondary N) is 2. The van der Waals surface area contributed by atoms with E-state index >= 15 is 0 Å². The van der Waals surface area contributed by atoms with Crippen LogP contribution in [0.1, 0.15) is 29.5 Å². The third kappa shape index (κ3) is 3.06. The molecule has 0 saturated carbocycles. The van der Waals surface area contributed by atoms with Gasteiger partial charge in [0.05, 0.1) is 34.6 Å². The molecule has 1 fully saturated rings. The summed E-state index contributed by atoms with van der Waals surface area (Å²) in [4.78, 5) is 25.3. The van der Waals surface area contributed by atoms with Gasteiger partial charge in [0.15, 0.2) is 0 Å². The van der Waals surface area contributed by atoms with E-state index in [4.69, 9.17) is 0 Å². The Kier molecular flexibility index (Phi) is 4.66. The van der Waals surface area contributed by atoms with Crippen molar-refractivity contribution in [2.45, 2.75) is 30.8 Å². The van der Waals surface area contributed by atoms with Crippen molar-refractivity contribution in [3.8, 4) is 0 Å². The van der Waals surface area contributed by atoms with Crippen molar-refractivity contribution in [1.82, 2.24) is 19.4 Å². The molecule has 4 rings (SSSR count). The van der Waals surface area contributed by atoms with Gasteiger partial charge in [-0.05, 0) is 26.0 Å². The van der Waals surface area contributed by atoms with Crippen LogP contribution in [0.4, 0.5) is 14.5 Å². The van der Waals surface area contributed by atoms with Gasteiger partial charge >= 0.3 is 6.55 Å². The largest absolute Gasteiger partial charge is 0.345 e. The van der Waals surface area contributed by atoms with Gasteiger partial charge < -0.3 is 10.6 Å².